The van der Waals surface area contributed by atoms with Gasteiger partial charge in [0.1, 0.15) is 12.6 Å². The zero-order valence-corrected chi connectivity index (χ0v) is 22.9. The number of hydrogen-bond acceptors (Lipinski definition) is 4. The highest BCUT2D eigenvalue weighted by atomic mass is 79.9. The molecule has 1 atom stereocenters. The van der Waals surface area contributed by atoms with Gasteiger partial charge in [0.25, 0.3) is 0 Å². The van der Waals surface area contributed by atoms with E-state index in [-0.39, 0.29) is 25.0 Å². The molecule has 1 fully saturated rings. The van der Waals surface area contributed by atoms with Crippen LogP contribution in [0, 0.1) is 6.92 Å². The normalized spacial score (nSPS) is 15.0. The molecule has 35 heavy (non-hydrogen) atoms. The second-order valence-corrected chi connectivity index (χ2v) is 11.9. The minimum absolute atomic E-state index is 0.128. The van der Waals surface area contributed by atoms with Crippen molar-refractivity contribution in [1.29, 1.82) is 0 Å². The third-order valence-electron chi connectivity index (χ3n) is 6.39. The van der Waals surface area contributed by atoms with E-state index in [1.54, 1.807) is 18.2 Å². The van der Waals surface area contributed by atoms with Gasteiger partial charge in [-0.3, -0.25) is 13.9 Å². The molecule has 3 rings (SSSR count). The van der Waals surface area contributed by atoms with Gasteiger partial charge in [-0.1, -0.05) is 66.0 Å². The van der Waals surface area contributed by atoms with E-state index in [0.29, 0.717) is 12.1 Å². The average Bonchev–Trinajstić information content (AvgIpc) is 3.32. The summed E-state index contributed by atoms with van der Waals surface area (Å²) in [5, 5.41) is 3.11. The Labute approximate surface area is 217 Å². The minimum Gasteiger partial charge on any atom is -0.352 e. The van der Waals surface area contributed by atoms with Gasteiger partial charge < -0.3 is 10.2 Å². The van der Waals surface area contributed by atoms with Crippen LogP contribution in [0.5, 0.6) is 0 Å². The summed E-state index contributed by atoms with van der Waals surface area (Å²) < 4.78 is 27.4. The summed E-state index contributed by atoms with van der Waals surface area (Å²) in [5.74, 6) is -0.609. The van der Waals surface area contributed by atoms with Crippen LogP contribution in [-0.2, 0) is 26.2 Å². The molecule has 2 aromatic carbocycles. The molecule has 2 amide bonds. The van der Waals surface area contributed by atoms with E-state index in [2.05, 4.69) is 21.2 Å². The smallest absolute Gasteiger partial charge is 0.244 e. The first-order valence-corrected chi connectivity index (χ1v) is 14.6. The molecule has 0 aromatic heterocycles. The highest BCUT2D eigenvalue weighted by Gasteiger charge is 2.33. The van der Waals surface area contributed by atoms with Gasteiger partial charge in [0.15, 0.2) is 0 Å². The van der Waals surface area contributed by atoms with Crippen molar-refractivity contribution in [3.63, 3.8) is 0 Å². The lowest BCUT2D eigenvalue weighted by Crippen LogP contribution is -2.53. The molecule has 9 heteroatoms. The van der Waals surface area contributed by atoms with Gasteiger partial charge in [0.05, 0.1) is 11.9 Å². The van der Waals surface area contributed by atoms with E-state index < -0.39 is 22.0 Å². The van der Waals surface area contributed by atoms with E-state index in [1.165, 1.54) is 4.90 Å². The molecule has 2 aromatic rings. The van der Waals surface area contributed by atoms with E-state index in [4.69, 9.17) is 0 Å². The Bertz CT molecular complexity index is 1130. The summed E-state index contributed by atoms with van der Waals surface area (Å²) in [7, 11) is -3.75. The first-order chi connectivity index (χ1) is 16.6. The van der Waals surface area contributed by atoms with Crippen LogP contribution < -0.4 is 9.62 Å². The lowest BCUT2D eigenvalue weighted by Gasteiger charge is -2.33. The van der Waals surface area contributed by atoms with Crippen molar-refractivity contribution >= 4 is 43.5 Å². The van der Waals surface area contributed by atoms with Crippen LogP contribution in [0.4, 0.5) is 5.69 Å². The third kappa shape index (κ3) is 7.30. The highest BCUT2D eigenvalue weighted by molar-refractivity contribution is 9.10. The number of aryl methyl sites for hydroxylation is 1. The fourth-order valence-corrected chi connectivity index (χ4v) is 5.55. The molecule has 1 N–H and O–H groups in total. The summed E-state index contributed by atoms with van der Waals surface area (Å²) >= 11 is 3.43. The van der Waals surface area contributed by atoms with Gasteiger partial charge in [-0.05, 0) is 55.5 Å². The van der Waals surface area contributed by atoms with Crippen molar-refractivity contribution in [3.05, 3.63) is 64.1 Å². The van der Waals surface area contributed by atoms with Crippen LogP contribution in [0.25, 0.3) is 0 Å². The van der Waals surface area contributed by atoms with Gasteiger partial charge >= 0.3 is 0 Å². The maximum absolute atomic E-state index is 13.7. The molecular formula is C26H34BrN3O4S. The Kier molecular flexibility index (Phi) is 9.35. The number of benzene rings is 2. The molecule has 0 spiro atoms. The van der Waals surface area contributed by atoms with Crippen molar-refractivity contribution < 1.29 is 18.0 Å². The summed E-state index contributed by atoms with van der Waals surface area (Å²) in [6.07, 6.45) is 5.57. The highest BCUT2D eigenvalue weighted by Crippen LogP contribution is 2.25. The van der Waals surface area contributed by atoms with Crippen molar-refractivity contribution in [2.75, 3.05) is 17.1 Å². The molecule has 7 nitrogen and oxygen atoms in total. The molecule has 1 saturated carbocycles. The van der Waals surface area contributed by atoms with Crippen LogP contribution in [0.15, 0.2) is 53.0 Å². The second-order valence-electron chi connectivity index (χ2n) is 9.12. The van der Waals surface area contributed by atoms with Gasteiger partial charge in [-0.15, -0.1) is 0 Å². The Hall–Kier alpha value is -2.39. The average molecular weight is 565 g/mol. The zero-order chi connectivity index (χ0) is 25.6. The van der Waals surface area contributed by atoms with Crippen molar-refractivity contribution in [3.8, 4) is 0 Å². The predicted molar refractivity (Wildman–Crippen MR) is 143 cm³/mol. The lowest BCUT2D eigenvalue weighted by molar-refractivity contribution is -0.140. The van der Waals surface area contributed by atoms with Crippen molar-refractivity contribution in [1.82, 2.24) is 10.2 Å². The van der Waals surface area contributed by atoms with Gasteiger partial charge in [0.2, 0.25) is 21.8 Å². The van der Waals surface area contributed by atoms with Crippen LogP contribution in [-0.4, -0.2) is 50.0 Å². The quantitative estimate of drug-likeness (QED) is 0.464. The Morgan fingerprint density at radius 3 is 2.34 bits per heavy atom. The number of rotatable bonds is 10. The first-order valence-electron chi connectivity index (χ1n) is 12.0. The number of amides is 2. The molecule has 0 heterocycles. The minimum atomic E-state index is -3.75. The van der Waals surface area contributed by atoms with E-state index in [9.17, 15) is 18.0 Å². The molecular weight excluding hydrogens is 530 g/mol. The number of carbonyl (C=O) groups is 2. The molecule has 0 saturated heterocycles. The number of sulfonamides is 1. The SMILES string of the molecule is CC[C@@H](C(=O)NC1CCCC1)N(Cc1ccccc1)C(=O)CN(c1ccc(Br)c(C)c1)S(C)(=O)=O. The third-order valence-corrected chi connectivity index (χ3v) is 8.42. The molecule has 1 aliphatic rings. The van der Waals surface area contributed by atoms with Gasteiger partial charge in [-0.2, -0.15) is 0 Å². The molecule has 0 radical (unpaired) electrons. The number of carbonyl (C=O) groups excluding carboxylic acids is 2. The first kappa shape index (κ1) is 27.2. The fourth-order valence-electron chi connectivity index (χ4n) is 4.46. The number of halogens is 1. The molecule has 190 valence electrons. The summed E-state index contributed by atoms with van der Waals surface area (Å²) in [5.41, 5.74) is 2.13. The molecule has 0 unspecified atom stereocenters. The maximum Gasteiger partial charge on any atom is 0.244 e. The van der Waals surface area contributed by atoms with Crippen LogP contribution >= 0.6 is 15.9 Å². The number of anilines is 1. The maximum atomic E-state index is 13.7. The fraction of sp³-hybridized carbons (Fsp3) is 0.462. The molecule has 1 aliphatic carbocycles. The van der Waals surface area contributed by atoms with E-state index in [0.717, 1.165) is 51.8 Å². The number of nitrogens with zero attached hydrogens (tertiary/aromatic N) is 2. The van der Waals surface area contributed by atoms with Crippen LogP contribution in [0.2, 0.25) is 0 Å². The van der Waals surface area contributed by atoms with Crippen LogP contribution in [0.1, 0.15) is 50.2 Å². The standard InChI is InChI=1S/C26H34BrN3O4S/c1-4-24(26(32)28-21-12-8-9-13-21)29(17-20-10-6-5-7-11-20)25(31)18-30(35(3,33)34)22-14-15-23(27)19(2)16-22/h5-7,10-11,14-16,21,24H,4,8-9,12-13,17-18H2,1-3H3,(H,28,32)/t24-/m0/s1. The van der Waals surface area contributed by atoms with E-state index >= 15 is 0 Å². The summed E-state index contributed by atoms with van der Waals surface area (Å²) in [6, 6.07) is 14.0. The number of nitrogens with one attached hydrogen (secondary N) is 1. The monoisotopic (exact) mass is 563 g/mol. The zero-order valence-electron chi connectivity index (χ0n) is 20.5. The summed E-state index contributed by atoms with van der Waals surface area (Å²) in [6.45, 7) is 3.56. The second kappa shape index (κ2) is 12.0. The van der Waals surface area contributed by atoms with E-state index in [1.807, 2.05) is 44.2 Å². The van der Waals surface area contributed by atoms with Crippen molar-refractivity contribution in [2.24, 2.45) is 0 Å². The lowest BCUT2D eigenvalue weighted by atomic mass is 10.1. The number of hydrogen-bond donors (Lipinski definition) is 1. The Balaban J connectivity index is 1.91. The Morgan fingerprint density at radius 1 is 1.11 bits per heavy atom. The largest absolute Gasteiger partial charge is 0.352 e. The van der Waals surface area contributed by atoms with Crippen molar-refractivity contribution in [2.45, 2.75) is 64.6 Å². The Morgan fingerprint density at radius 2 is 1.77 bits per heavy atom. The van der Waals surface area contributed by atoms with Gasteiger partial charge in [0, 0.05) is 17.1 Å². The predicted octanol–water partition coefficient (Wildman–Crippen LogP) is 4.39. The molecule has 0 aliphatic heterocycles. The molecule has 0 bridgehead atoms. The van der Waals surface area contributed by atoms with Gasteiger partial charge in [-0.25, -0.2) is 8.42 Å². The summed E-state index contributed by atoms with van der Waals surface area (Å²) in [4.78, 5) is 28.5. The van der Waals surface area contributed by atoms with Crippen LogP contribution in [0.3, 0.4) is 0 Å². The topological polar surface area (TPSA) is 86.8 Å².